The number of benzene rings is 2. The zero-order valence-electron chi connectivity index (χ0n) is 29.3. The lowest BCUT2D eigenvalue weighted by atomic mass is 9.97. The molecule has 0 radical (unpaired) electrons. The maximum Gasteiger partial charge on any atom is 0.408 e. The van der Waals surface area contributed by atoms with Crippen molar-refractivity contribution in [2.75, 3.05) is 25.3 Å². The van der Waals surface area contributed by atoms with Gasteiger partial charge in [0, 0.05) is 12.1 Å². The Bertz CT molecular complexity index is 1760. The average Bonchev–Trinajstić information content (AvgIpc) is 3.90. The van der Waals surface area contributed by atoms with Crippen molar-refractivity contribution in [3.63, 3.8) is 0 Å². The van der Waals surface area contributed by atoms with Crippen LogP contribution in [0.25, 0.3) is 22.4 Å². The van der Waals surface area contributed by atoms with Crippen LogP contribution in [-0.2, 0) is 9.53 Å². The van der Waals surface area contributed by atoms with Crippen LogP contribution in [0, 0.1) is 11.8 Å². The predicted octanol–water partition coefficient (Wildman–Crippen LogP) is 7.48. The van der Waals surface area contributed by atoms with E-state index < -0.39 is 17.7 Å². The van der Waals surface area contributed by atoms with Crippen molar-refractivity contribution in [3.05, 3.63) is 47.2 Å². The molecule has 2 aliphatic carbocycles. The fraction of sp³-hybridized carbons (Fsp3) is 0.500. The lowest BCUT2D eigenvalue weighted by Crippen LogP contribution is -2.49. The molecule has 14 heteroatoms. The fourth-order valence-corrected chi connectivity index (χ4v) is 7.15. The molecule has 0 bridgehead atoms. The maximum atomic E-state index is 12.9. The van der Waals surface area contributed by atoms with E-state index >= 15 is 0 Å². The molecule has 2 atom stereocenters. The summed E-state index contributed by atoms with van der Waals surface area (Å²) in [6, 6.07) is 6.48. The van der Waals surface area contributed by atoms with Gasteiger partial charge in [-0.15, -0.1) is 0 Å². The number of oxazole rings is 1. The highest BCUT2D eigenvalue weighted by atomic mass is 79.9. The van der Waals surface area contributed by atoms with Gasteiger partial charge >= 0.3 is 6.09 Å². The average molecular weight is 755 g/mol. The van der Waals surface area contributed by atoms with Crippen molar-refractivity contribution in [1.29, 1.82) is 0 Å². The molecule has 2 fully saturated rings. The number of carbonyl (C=O) groups is 2. The van der Waals surface area contributed by atoms with E-state index in [-0.39, 0.29) is 17.9 Å². The van der Waals surface area contributed by atoms with Crippen molar-refractivity contribution in [3.8, 4) is 22.8 Å². The number of nitrogens with one attached hydrogen (secondary N) is 3. The number of H-pyrrole nitrogens is 1. The molecule has 7 N–H and O–H groups in total. The molecule has 0 aliphatic heterocycles. The van der Waals surface area contributed by atoms with Crippen molar-refractivity contribution >= 4 is 50.3 Å². The van der Waals surface area contributed by atoms with E-state index in [9.17, 15) is 9.59 Å². The first-order valence-electron chi connectivity index (χ1n) is 17.0. The third kappa shape index (κ3) is 9.08. The van der Waals surface area contributed by atoms with Crippen molar-refractivity contribution < 1.29 is 28.2 Å². The Labute approximate surface area is 300 Å². The second-order valence-corrected chi connectivity index (χ2v) is 14.7. The first-order chi connectivity index (χ1) is 23.9. The van der Waals surface area contributed by atoms with Crippen LogP contribution in [-0.4, -0.2) is 52.8 Å². The molecule has 2 aromatic heterocycles. The number of nitrogen functional groups attached to an aromatic ring is 1. The highest BCUT2D eigenvalue weighted by Gasteiger charge is 2.34. The van der Waals surface area contributed by atoms with Crippen molar-refractivity contribution in [1.82, 2.24) is 20.3 Å². The Morgan fingerprint density at radius 1 is 1.00 bits per heavy atom. The molecule has 270 valence electrons. The molecule has 4 aromatic rings. The highest BCUT2D eigenvalue weighted by molar-refractivity contribution is 9.10. The number of rotatable bonds is 9. The summed E-state index contributed by atoms with van der Waals surface area (Å²) in [6.45, 7) is 5.35. The predicted molar refractivity (Wildman–Crippen MR) is 196 cm³/mol. The van der Waals surface area contributed by atoms with Crippen LogP contribution in [0.1, 0.15) is 84.0 Å². The number of aromatic nitrogens is 3. The summed E-state index contributed by atoms with van der Waals surface area (Å²) in [7, 11) is 3.17. The van der Waals surface area contributed by atoms with E-state index in [0.717, 1.165) is 48.1 Å². The monoisotopic (exact) mass is 753 g/mol. The lowest BCUT2D eigenvalue weighted by Gasteiger charge is -2.26. The van der Waals surface area contributed by atoms with Gasteiger partial charge in [-0.3, -0.25) is 4.79 Å². The number of carbonyl (C=O) groups excluding carboxylic acids is 2. The maximum absolute atomic E-state index is 12.9. The standard InChI is InChI=1S/C19H28BrN3O4.C17H20N4O2/c1-19(2,3)27-18(25)23-16(11-7-5-6-8-11)17(24)22-14-10-15(26-4)12(20)9-13(14)21;1-22-14-7-13-12(6-11(14)15-8-19-9-23-15)20-17(21-13)16(18)10-4-2-3-5-10/h9-11,16H,5-8,21H2,1-4H3,(H,22,24)(H,23,25);6-10,16H,2-5,18H2,1H3,(H,20,21)/t2*16-/m11/s1. The van der Waals surface area contributed by atoms with Crippen molar-refractivity contribution in [2.45, 2.75) is 89.8 Å². The number of aromatic amines is 1. The van der Waals surface area contributed by atoms with E-state index in [1.54, 1.807) is 46.2 Å². The number of amides is 2. The third-order valence-corrected chi connectivity index (χ3v) is 9.77. The number of halogens is 1. The molecular weight excluding hydrogens is 706 g/mol. The van der Waals surface area contributed by atoms with Crippen LogP contribution in [0.3, 0.4) is 0 Å². The van der Waals surface area contributed by atoms with Gasteiger partial charge in [-0.2, -0.15) is 0 Å². The van der Waals surface area contributed by atoms with Gasteiger partial charge in [0.15, 0.2) is 12.2 Å². The number of hydrogen-bond acceptors (Lipinski definition) is 10. The highest BCUT2D eigenvalue weighted by Crippen LogP contribution is 2.37. The van der Waals surface area contributed by atoms with Crippen LogP contribution in [0.5, 0.6) is 11.5 Å². The molecular formula is C36H48BrN7O6. The number of ether oxygens (including phenoxy) is 3. The summed E-state index contributed by atoms with van der Waals surface area (Å²) >= 11 is 3.36. The number of hydrogen-bond donors (Lipinski definition) is 5. The third-order valence-electron chi connectivity index (χ3n) is 9.15. The van der Waals surface area contributed by atoms with Crippen LogP contribution >= 0.6 is 15.9 Å². The van der Waals surface area contributed by atoms with E-state index in [1.807, 2.05) is 12.1 Å². The van der Waals surface area contributed by atoms with Gasteiger partial charge in [0.1, 0.15) is 29.0 Å². The lowest BCUT2D eigenvalue weighted by molar-refractivity contribution is -0.119. The first-order valence-corrected chi connectivity index (χ1v) is 17.8. The minimum atomic E-state index is -0.684. The molecule has 0 unspecified atom stereocenters. The second-order valence-electron chi connectivity index (χ2n) is 13.9. The van der Waals surface area contributed by atoms with E-state index in [0.29, 0.717) is 39.0 Å². The van der Waals surface area contributed by atoms with E-state index in [1.165, 1.54) is 39.2 Å². The number of alkyl carbamates (subject to hydrolysis) is 1. The Kier molecular flexibility index (Phi) is 11.9. The molecule has 0 spiro atoms. The molecule has 13 nitrogen and oxygen atoms in total. The Balaban J connectivity index is 0.000000196. The number of anilines is 2. The Morgan fingerprint density at radius 3 is 2.26 bits per heavy atom. The number of nitrogens with zero attached hydrogens (tertiary/aromatic N) is 2. The SMILES string of the molecule is COc1cc(NC(=O)[C@H](NC(=O)OC(C)(C)C)C2CCCC2)c(N)cc1Br.COc1cc2nc([C@H](N)C3CCCC3)[nH]c2cc1-c1cnco1. The molecule has 2 heterocycles. The fourth-order valence-electron chi connectivity index (χ4n) is 6.63. The summed E-state index contributed by atoms with van der Waals surface area (Å²) in [5, 5.41) is 5.56. The normalized spacial score (nSPS) is 16.4. The van der Waals surface area contributed by atoms with Crippen LogP contribution in [0.2, 0.25) is 0 Å². The van der Waals surface area contributed by atoms with E-state index in [4.69, 9.17) is 30.1 Å². The Hall–Kier alpha value is -4.30. The zero-order valence-corrected chi connectivity index (χ0v) is 30.9. The van der Waals surface area contributed by atoms with Gasteiger partial charge in [0.25, 0.3) is 0 Å². The van der Waals surface area contributed by atoms with Gasteiger partial charge < -0.3 is 45.7 Å². The van der Waals surface area contributed by atoms with Gasteiger partial charge in [0.05, 0.1) is 58.9 Å². The van der Waals surface area contributed by atoms with Gasteiger partial charge in [0.2, 0.25) is 5.91 Å². The Morgan fingerprint density at radius 2 is 1.66 bits per heavy atom. The second kappa shape index (κ2) is 16.2. The smallest absolute Gasteiger partial charge is 0.408 e. The molecule has 2 aliphatic rings. The van der Waals surface area contributed by atoms with E-state index in [2.05, 4.69) is 41.5 Å². The minimum absolute atomic E-state index is 0.0374. The van der Waals surface area contributed by atoms with Gasteiger partial charge in [-0.1, -0.05) is 25.7 Å². The number of fused-ring (bicyclic) bond motifs is 1. The zero-order chi connectivity index (χ0) is 36.0. The van der Waals surface area contributed by atoms with Crippen LogP contribution in [0.15, 0.2) is 45.7 Å². The number of nitrogens with two attached hydrogens (primary N) is 2. The summed E-state index contributed by atoms with van der Waals surface area (Å²) in [5.41, 5.74) is 15.3. The molecule has 6 rings (SSSR count). The summed E-state index contributed by atoms with van der Waals surface area (Å²) < 4.78 is 22.1. The first kappa shape index (κ1) is 37.0. The van der Waals surface area contributed by atoms with Crippen molar-refractivity contribution in [2.24, 2.45) is 17.6 Å². The topological polar surface area (TPSA) is 193 Å². The number of imidazole rings is 1. The summed E-state index contributed by atoms with van der Waals surface area (Å²) in [4.78, 5) is 37.2. The largest absolute Gasteiger partial charge is 0.496 e. The molecule has 2 saturated carbocycles. The van der Waals surface area contributed by atoms with Gasteiger partial charge in [-0.05, 0) is 86.4 Å². The van der Waals surface area contributed by atoms with Crippen LogP contribution < -0.4 is 31.6 Å². The molecule has 50 heavy (non-hydrogen) atoms. The molecule has 0 saturated heterocycles. The molecule has 2 aromatic carbocycles. The number of methoxy groups -OCH3 is 2. The summed E-state index contributed by atoms with van der Waals surface area (Å²) in [6.07, 6.45) is 11.2. The quantitative estimate of drug-likeness (QED) is 0.107. The minimum Gasteiger partial charge on any atom is -0.496 e. The van der Waals surface area contributed by atoms with Crippen LogP contribution in [0.4, 0.5) is 16.2 Å². The molecule has 2 amide bonds. The van der Waals surface area contributed by atoms with Gasteiger partial charge in [-0.25, -0.2) is 14.8 Å². The summed E-state index contributed by atoms with van der Waals surface area (Å²) in [5.74, 6) is 3.05.